The van der Waals surface area contributed by atoms with Crippen LogP contribution in [0.1, 0.15) is 0 Å². The van der Waals surface area contributed by atoms with Gasteiger partial charge >= 0.3 is 6.18 Å². The van der Waals surface area contributed by atoms with Gasteiger partial charge < -0.3 is 5.32 Å². The summed E-state index contributed by atoms with van der Waals surface area (Å²) in [4.78, 5) is 12.0. The molecule has 1 unspecified atom stereocenters. The highest BCUT2D eigenvalue weighted by Gasteiger charge is 2.46. The Morgan fingerprint density at radius 2 is 2.05 bits per heavy atom. The van der Waals surface area contributed by atoms with Crippen molar-refractivity contribution in [1.82, 2.24) is 0 Å². The maximum atomic E-state index is 12.9. The number of hydrogen-bond acceptors (Lipinski definition) is 2. The molecule has 0 aliphatic carbocycles. The smallest absolute Gasteiger partial charge is 0.321 e. The lowest BCUT2D eigenvalue weighted by molar-refractivity contribution is -0.829. The van der Waals surface area contributed by atoms with Gasteiger partial charge in [0.2, 0.25) is 5.71 Å². The number of nitrogens with one attached hydrogen (secondary N) is 2. The third kappa shape index (κ3) is 3.48. The Labute approximate surface area is 125 Å². The minimum absolute atomic E-state index is 0.0886. The molecule has 0 bridgehead atoms. The Morgan fingerprint density at radius 1 is 1.38 bits per heavy atom. The van der Waals surface area contributed by atoms with Crippen molar-refractivity contribution >= 4 is 33.2 Å². The number of carbonyl (C=O) groups excluding carboxylic acids is 1. The van der Waals surface area contributed by atoms with Crippen LogP contribution in [-0.4, -0.2) is 24.8 Å². The summed E-state index contributed by atoms with van der Waals surface area (Å²) in [7, 11) is 1.36. The van der Waals surface area contributed by atoms with Gasteiger partial charge in [-0.15, -0.1) is 0 Å². The summed E-state index contributed by atoms with van der Waals surface area (Å²) < 4.78 is 51.5. The zero-order valence-corrected chi connectivity index (χ0v) is 12.1. The van der Waals surface area contributed by atoms with Crippen LogP contribution < -0.4 is 10.3 Å². The Hall–Kier alpha value is -1.74. The van der Waals surface area contributed by atoms with Crippen molar-refractivity contribution in [1.29, 1.82) is 0 Å². The van der Waals surface area contributed by atoms with Gasteiger partial charge in [-0.1, -0.05) is 5.10 Å². The summed E-state index contributed by atoms with van der Waals surface area (Å²) in [6.07, 6.45) is -3.67. The first kappa shape index (κ1) is 15.6. The Balaban J connectivity index is 2.25. The molecule has 9 heteroatoms. The number of nitrogens with zero attached hydrogens (tertiary/aromatic N) is 1. The van der Waals surface area contributed by atoms with Gasteiger partial charge in [0.25, 0.3) is 5.91 Å². The zero-order valence-electron chi connectivity index (χ0n) is 10.6. The highest BCUT2D eigenvalue weighted by molar-refractivity contribution is 9.10. The molecule has 2 rings (SSSR count). The van der Waals surface area contributed by atoms with Crippen LogP contribution in [0.15, 0.2) is 39.5 Å². The van der Waals surface area contributed by atoms with Gasteiger partial charge in [0.15, 0.2) is 0 Å². The van der Waals surface area contributed by atoms with E-state index in [-0.39, 0.29) is 15.2 Å². The maximum absolute atomic E-state index is 12.9. The van der Waals surface area contributed by atoms with E-state index in [0.717, 1.165) is 18.3 Å². The molecule has 0 saturated heterocycles. The fourth-order valence-electron chi connectivity index (χ4n) is 1.72. The van der Waals surface area contributed by atoms with Crippen LogP contribution in [0.3, 0.4) is 0 Å². The number of carbonyl (C=O) groups is 1. The largest absolute Gasteiger partial charge is 0.439 e. The summed E-state index contributed by atoms with van der Waals surface area (Å²) in [6.45, 7) is 0. The second kappa shape index (κ2) is 5.57. The van der Waals surface area contributed by atoms with E-state index < -0.39 is 29.2 Å². The molecule has 1 amide bonds. The van der Waals surface area contributed by atoms with Crippen LogP contribution >= 0.6 is 15.9 Å². The van der Waals surface area contributed by atoms with Crippen molar-refractivity contribution in [3.8, 4) is 0 Å². The number of anilines is 1. The Morgan fingerprint density at radius 3 is 2.62 bits per heavy atom. The molecule has 0 spiro atoms. The number of alkyl halides is 3. The van der Waals surface area contributed by atoms with E-state index in [1.165, 1.54) is 13.1 Å². The molecule has 0 radical (unpaired) electrons. The Bertz CT molecular complexity index is 654. The zero-order chi connectivity index (χ0) is 15.8. The number of benzene rings is 1. The van der Waals surface area contributed by atoms with E-state index in [1.807, 2.05) is 0 Å². The SMILES string of the molecule is C[NH+]1C=C(C(=O)Nc2ccc(F)cc2Br)C(C(F)(F)F)=N1. The minimum atomic E-state index is -4.72. The summed E-state index contributed by atoms with van der Waals surface area (Å²) in [5.74, 6) is -1.50. The van der Waals surface area contributed by atoms with Crippen LogP contribution in [0.5, 0.6) is 0 Å². The lowest BCUT2D eigenvalue weighted by Crippen LogP contribution is -2.98. The minimum Gasteiger partial charge on any atom is -0.321 e. The van der Waals surface area contributed by atoms with Crippen molar-refractivity contribution in [3.05, 3.63) is 40.3 Å². The summed E-state index contributed by atoms with van der Waals surface area (Å²) in [5.41, 5.74) is -1.65. The predicted molar refractivity (Wildman–Crippen MR) is 71.2 cm³/mol. The Kier molecular flexibility index (Phi) is 4.15. The summed E-state index contributed by atoms with van der Waals surface area (Å²) in [5, 5.41) is 5.70. The highest BCUT2D eigenvalue weighted by Crippen LogP contribution is 2.26. The highest BCUT2D eigenvalue weighted by atomic mass is 79.9. The molecule has 0 saturated carbocycles. The van der Waals surface area contributed by atoms with Gasteiger partial charge in [0, 0.05) is 4.47 Å². The van der Waals surface area contributed by atoms with Gasteiger partial charge in [-0.3, -0.25) is 4.79 Å². The fraction of sp³-hybridized carbons (Fsp3) is 0.167. The van der Waals surface area contributed by atoms with Crippen molar-refractivity contribution in [3.63, 3.8) is 0 Å². The first-order valence-corrected chi connectivity index (χ1v) is 6.45. The van der Waals surface area contributed by atoms with E-state index in [1.54, 1.807) is 0 Å². The topological polar surface area (TPSA) is 45.9 Å². The molecule has 0 aromatic heterocycles. The molecule has 1 atom stereocenters. The molecule has 1 aliphatic rings. The van der Waals surface area contributed by atoms with E-state index in [4.69, 9.17) is 0 Å². The number of amides is 1. The standard InChI is InChI=1S/C12H8BrF4N3O/c1-20-5-7(10(19-20)12(15,16)17)11(21)18-9-3-2-6(14)4-8(9)13/h2-5H,1H3,(H,18,21)/p+1. The van der Waals surface area contributed by atoms with Crippen LogP contribution in [0.4, 0.5) is 23.2 Å². The average Bonchev–Trinajstić information content (AvgIpc) is 2.75. The lowest BCUT2D eigenvalue weighted by Gasteiger charge is -2.09. The van der Waals surface area contributed by atoms with Crippen molar-refractivity contribution < 1.29 is 27.4 Å². The van der Waals surface area contributed by atoms with Crippen LogP contribution in [0.2, 0.25) is 0 Å². The number of rotatable bonds is 2. The van der Waals surface area contributed by atoms with E-state index >= 15 is 0 Å². The monoisotopic (exact) mass is 366 g/mol. The first-order chi connectivity index (χ1) is 9.68. The first-order valence-electron chi connectivity index (χ1n) is 5.66. The summed E-state index contributed by atoms with van der Waals surface area (Å²) in [6, 6.07) is 3.42. The molecule has 0 fully saturated rings. The van der Waals surface area contributed by atoms with E-state index in [9.17, 15) is 22.4 Å². The van der Waals surface area contributed by atoms with Crippen molar-refractivity contribution in [2.75, 3.05) is 12.4 Å². The van der Waals surface area contributed by atoms with Gasteiger partial charge in [0.1, 0.15) is 17.6 Å². The quantitative estimate of drug-likeness (QED) is 0.771. The number of hydrogen-bond donors (Lipinski definition) is 2. The maximum Gasteiger partial charge on any atom is 0.439 e. The third-order valence-electron chi connectivity index (χ3n) is 2.59. The van der Waals surface area contributed by atoms with Gasteiger partial charge in [0.05, 0.1) is 12.7 Å². The molecule has 2 N–H and O–H groups in total. The van der Waals surface area contributed by atoms with Crippen LogP contribution in [-0.2, 0) is 4.79 Å². The van der Waals surface area contributed by atoms with Crippen molar-refractivity contribution in [2.24, 2.45) is 5.10 Å². The molecule has 21 heavy (non-hydrogen) atoms. The van der Waals surface area contributed by atoms with E-state index in [0.29, 0.717) is 0 Å². The fourth-order valence-corrected chi connectivity index (χ4v) is 2.17. The average molecular weight is 367 g/mol. The number of quaternary nitrogens is 1. The molecule has 1 aliphatic heterocycles. The molecular weight excluding hydrogens is 358 g/mol. The van der Waals surface area contributed by atoms with Crippen molar-refractivity contribution in [2.45, 2.75) is 6.18 Å². The molecule has 4 nitrogen and oxygen atoms in total. The van der Waals surface area contributed by atoms with Crippen LogP contribution in [0.25, 0.3) is 0 Å². The van der Waals surface area contributed by atoms with Crippen LogP contribution in [0, 0.1) is 5.82 Å². The van der Waals surface area contributed by atoms with E-state index in [2.05, 4.69) is 26.3 Å². The number of halogens is 5. The third-order valence-corrected chi connectivity index (χ3v) is 3.25. The molecule has 1 heterocycles. The second-order valence-electron chi connectivity index (χ2n) is 4.24. The molecule has 1 aromatic rings. The predicted octanol–water partition coefficient (Wildman–Crippen LogP) is 1.86. The van der Waals surface area contributed by atoms with Gasteiger partial charge in [-0.25, -0.2) is 4.39 Å². The molecule has 112 valence electrons. The second-order valence-corrected chi connectivity index (χ2v) is 5.09. The molecular formula is C12H9BrF4N3O+. The molecule has 1 aromatic carbocycles. The van der Waals surface area contributed by atoms with Gasteiger partial charge in [-0.05, 0) is 34.1 Å². The normalized spacial score (nSPS) is 18.3. The van der Waals surface area contributed by atoms with Gasteiger partial charge in [-0.2, -0.15) is 18.2 Å². The summed E-state index contributed by atoms with van der Waals surface area (Å²) >= 11 is 3.02. The lowest BCUT2D eigenvalue weighted by atomic mass is 10.1.